The van der Waals surface area contributed by atoms with Crippen LogP contribution in [-0.4, -0.2) is 4.98 Å². The standard InChI is InChI=1S/C12H14N2S/c1-8-4-3-5-9(2)11(8)12-14-7-10(6-13)15-12/h3-5,7H,6,13H2,1-2H3. The zero-order valence-corrected chi connectivity index (χ0v) is 9.77. The van der Waals surface area contributed by atoms with E-state index >= 15 is 0 Å². The Bertz CT molecular complexity index is 454. The van der Waals surface area contributed by atoms with Crippen molar-refractivity contribution in [2.75, 3.05) is 0 Å². The Kier molecular flexibility index (Phi) is 2.84. The number of hydrogen-bond donors (Lipinski definition) is 1. The van der Waals surface area contributed by atoms with Crippen LogP contribution in [-0.2, 0) is 6.54 Å². The Balaban J connectivity index is 2.53. The molecule has 0 saturated heterocycles. The number of aromatic nitrogens is 1. The molecule has 0 unspecified atom stereocenters. The summed E-state index contributed by atoms with van der Waals surface area (Å²) in [5, 5.41) is 1.08. The second kappa shape index (κ2) is 4.13. The van der Waals surface area contributed by atoms with Crippen LogP contribution in [0.4, 0.5) is 0 Å². The van der Waals surface area contributed by atoms with Crippen molar-refractivity contribution >= 4 is 11.3 Å². The molecule has 0 aliphatic heterocycles. The molecule has 0 saturated carbocycles. The predicted molar refractivity (Wildman–Crippen MR) is 64.9 cm³/mol. The van der Waals surface area contributed by atoms with Gasteiger partial charge in [-0.3, -0.25) is 0 Å². The van der Waals surface area contributed by atoms with Gasteiger partial charge < -0.3 is 5.73 Å². The monoisotopic (exact) mass is 218 g/mol. The van der Waals surface area contributed by atoms with E-state index in [4.69, 9.17) is 5.73 Å². The number of nitrogens with two attached hydrogens (primary N) is 1. The Morgan fingerprint density at radius 2 is 1.93 bits per heavy atom. The minimum Gasteiger partial charge on any atom is -0.326 e. The fraction of sp³-hybridized carbons (Fsp3) is 0.250. The third kappa shape index (κ3) is 1.94. The first kappa shape index (κ1) is 10.3. The summed E-state index contributed by atoms with van der Waals surface area (Å²) in [5.74, 6) is 0. The number of hydrogen-bond acceptors (Lipinski definition) is 3. The van der Waals surface area contributed by atoms with Gasteiger partial charge in [-0.1, -0.05) is 18.2 Å². The highest BCUT2D eigenvalue weighted by molar-refractivity contribution is 7.15. The maximum absolute atomic E-state index is 5.59. The summed E-state index contributed by atoms with van der Waals surface area (Å²) >= 11 is 1.68. The van der Waals surface area contributed by atoms with E-state index in [-0.39, 0.29) is 0 Å². The van der Waals surface area contributed by atoms with Crippen LogP contribution in [0.2, 0.25) is 0 Å². The largest absolute Gasteiger partial charge is 0.326 e. The summed E-state index contributed by atoms with van der Waals surface area (Å²) in [5.41, 5.74) is 9.38. The van der Waals surface area contributed by atoms with E-state index in [0.717, 1.165) is 9.88 Å². The number of nitrogens with zero attached hydrogens (tertiary/aromatic N) is 1. The van der Waals surface area contributed by atoms with Gasteiger partial charge in [0.2, 0.25) is 0 Å². The molecule has 1 aromatic carbocycles. The predicted octanol–water partition coefficient (Wildman–Crippen LogP) is 2.89. The SMILES string of the molecule is Cc1cccc(C)c1-c1ncc(CN)s1. The zero-order valence-electron chi connectivity index (χ0n) is 8.95. The fourth-order valence-electron chi connectivity index (χ4n) is 1.67. The van der Waals surface area contributed by atoms with Crippen molar-refractivity contribution < 1.29 is 0 Å². The average Bonchev–Trinajstić information content (AvgIpc) is 2.66. The lowest BCUT2D eigenvalue weighted by atomic mass is 10.0. The van der Waals surface area contributed by atoms with E-state index in [1.54, 1.807) is 11.3 Å². The molecular weight excluding hydrogens is 204 g/mol. The molecule has 0 amide bonds. The Hall–Kier alpha value is -1.19. The molecule has 0 bridgehead atoms. The number of aryl methyl sites for hydroxylation is 2. The highest BCUT2D eigenvalue weighted by atomic mass is 32.1. The summed E-state index contributed by atoms with van der Waals surface area (Å²) in [7, 11) is 0. The first-order valence-electron chi connectivity index (χ1n) is 4.93. The van der Waals surface area contributed by atoms with Gasteiger partial charge in [-0.25, -0.2) is 4.98 Å². The fourth-order valence-corrected chi connectivity index (χ4v) is 2.64. The molecule has 0 aliphatic rings. The lowest BCUT2D eigenvalue weighted by Gasteiger charge is -2.05. The maximum Gasteiger partial charge on any atom is 0.124 e. The molecule has 0 spiro atoms. The summed E-state index contributed by atoms with van der Waals surface area (Å²) < 4.78 is 0. The van der Waals surface area contributed by atoms with Crippen LogP contribution in [0.3, 0.4) is 0 Å². The molecule has 2 rings (SSSR count). The summed E-state index contributed by atoms with van der Waals surface area (Å²) in [6.07, 6.45) is 1.87. The molecule has 78 valence electrons. The van der Waals surface area contributed by atoms with Crippen molar-refractivity contribution in [2.45, 2.75) is 20.4 Å². The molecule has 0 radical (unpaired) electrons. The molecule has 2 aromatic rings. The second-order valence-corrected chi connectivity index (χ2v) is 4.72. The lowest BCUT2D eigenvalue weighted by Crippen LogP contribution is -1.91. The molecule has 2 nitrogen and oxygen atoms in total. The van der Waals surface area contributed by atoms with Crippen molar-refractivity contribution in [2.24, 2.45) is 5.73 Å². The van der Waals surface area contributed by atoms with Crippen LogP contribution in [0.1, 0.15) is 16.0 Å². The number of rotatable bonds is 2. The summed E-state index contributed by atoms with van der Waals surface area (Å²) in [6, 6.07) is 6.31. The van der Waals surface area contributed by atoms with Crippen LogP contribution >= 0.6 is 11.3 Å². The van der Waals surface area contributed by atoms with E-state index in [1.807, 2.05) is 6.20 Å². The topological polar surface area (TPSA) is 38.9 Å². The van der Waals surface area contributed by atoms with E-state index < -0.39 is 0 Å². The van der Waals surface area contributed by atoms with Gasteiger partial charge in [-0.05, 0) is 25.0 Å². The van der Waals surface area contributed by atoms with Gasteiger partial charge in [0.1, 0.15) is 5.01 Å². The minimum absolute atomic E-state index is 0.572. The molecule has 0 aliphatic carbocycles. The average molecular weight is 218 g/mol. The van der Waals surface area contributed by atoms with Crippen molar-refractivity contribution in [1.82, 2.24) is 4.98 Å². The van der Waals surface area contributed by atoms with Gasteiger partial charge in [0.15, 0.2) is 0 Å². The van der Waals surface area contributed by atoms with Crippen LogP contribution in [0.15, 0.2) is 24.4 Å². The summed E-state index contributed by atoms with van der Waals surface area (Å²) in [6.45, 7) is 4.81. The normalized spacial score (nSPS) is 10.6. The molecule has 3 heteroatoms. The molecule has 1 heterocycles. The Morgan fingerprint density at radius 3 is 2.47 bits per heavy atom. The maximum atomic E-state index is 5.59. The van der Waals surface area contributed by atoms with Crippen LogP contribution in [0, 0.1) is 13.8 Å². The Morgan fingerprint density at radius 1 is 1.27 bits per heavy atom. The molecule has 15 heavy (non-hydrogen) atoms. The quantitative estimate of drug-likeness (QED) is 0.841. The lowest BCUT2D eigenvalue weighted by molar-refractivity contribution is 1.10. The van der Waals surface area contributed by atoms with Gasteiger partial charge in [0, 0.05) is 23.2 Å². The molecule has 2 N–H and O–H groups in total. The van der Waals surface area contributed by atoms with Crippen molar-refractivity contribution in [3.8, 4) is 10.6 Å². The third-order valence-electron chi connectivity index (χ3n) is 2.45. The van der Waals surface area contributed by atoms with Crippen LogP contribution in [0.5, 0.6) is 0 Å². The molecular formula is C12H14N2S. The number of benzene rings is 1. The van der Waals surface area contributed by atoms with E-state index in [0.29, 0.717) is 6.54 Å². The van der Waals surface area contributed by atoms with Crippen LogP contribution < -0.4 is 5.73 Å². The van der Waals surface area contributed by atoms with Crippen molar-refractivity contribution in [3.63, 3.8) is 0 Å². The molecule has 0 atom stereocenters. The van der Waals surface area contributed by atoms with Gasteiger partial charge >= 0.3 is 0 Å². The first-order valence-corrected chi connectivity index (χ1v) is 5.75. The zero-order chi connectivity index (χ0) is 10.8. The third-order valence-corrected chi connectivity index (χ3v) is 3.49. The molecule has 0 fully saturated rings. The van der Waals surface area contributed by atoms with Crippen molar-refractivity contribution in [1.29, 1.82) is 0 Å². The highest BCUT2D eigenvalue weighted by Gasteiger charge is 2.08. The van der Waals surface area contributed by atoms with Gasteiger partial charge in [0.05, 0.1) is 0 Å². The molecule has 1 aromatic heterocycles. The smallest absolute Gasteiger partial charge is 0.124 e. The first-order chi connectivity index (χ1) is 7.22. The highest BCUT2D eigenvalue weighted by Crippen LogP contribution is 2.30. The van der Waals surface area contributed by atoms with Gasteiger partial charge in [-0.2, -0.15) is 0 Å². The van der Waals surface area contributed by atoms with Crippen molar-refractivity contribution in [3.05, 3.63) is 40.4 Å². The summed E-state index contributed by atoms with van der Waals surface area (Å²) in [4.78, 5) is 5.55. The van der Waals surface area contributed by atoms with Gasteiger partial charge in [0.25, 0.3) is 0 Å². The number of thiazole rings is 1. The van der Waals surface area contributed by atoms with E-state index in [2.05, 4.69) is 37.0 Å². The second-order valence-electron chi connectivity index (χ2n) is 3.60. The van der Waals surface area contributed by atoms with E-state index in [9.17, 15) is 0 Å². The van der Waals surface area contributed by atoms with E-state index in [1.165, 1.54) is 16.7 Å². The Labute approximate surface area is 93.8 Å². The van der Waals surface area contributed by atoms with Crippen LogP contribution in [0.25, 0.3) is 10.6 Å². The minimum atomic E-state index is 0.572. The van der Waals surface area contributed by atoms with Gasteiger partial charge in [-0.15, -0.1) is 11.3 Å².